The molecule has 6 nitrogen and oxygen atoms in total. The van der Waals surface area contributed by atoms with E-state index in [4.69, 9.17) is 0 Å². The van der Waals surface area contributed by atoms with Crippen LogP contribution in [0.3, 0.4) is 0 Å². The van der Waals surface area contributed by atoms with Crippen molar-refractivity contribution < 1.29 is 22.0 Å². The van der Waals surface area contributed by atoms with Gasteiger partial charge in [-0.1, -0.05) is 0 Å². The van der Waals surface area contributed by atoms with Crippen LogP contribution in [0.4, 0.5) is 14.5 Å². The molecule has 0 fully saturated rings. The van der Waals surface area contributed by atoms with E-state index in [0.717, 1.165) is 17.6 Å². The van der Waals surface area contributed by atoms with Crippen LogP contribution in [0.25, 0.3) is 10.9 Å². The summed E-state index contributed by atoms with van der Waals surface area (Å²) in [7, 11) is -0.973. The van der Waals surface area contributed by atoms with Crippen molar-refractivity contribution in [1.82, 2.24) is 9.47 Å². The molecule has 0 aliphatic rings. The number of amides is 1. The molecule has 1 N–H and O–H groups in total. The maximum Gasteiger partial charge on any atom is 0.264 e. The van der Waals surface area contributed by atoms with Crippen LogP contribution in [0.5, 0.6) is 0 Å². The van der Waals surface area contributed by atoms with Gasteiger partial charge in [0, 0.05) is 36.9 Å². The van der Waals surface area contributed by atoms with Crippen LogP contribution < -0.4 is 4.72 Å². The zero-order valence-corrected chi connectivity index (χ0v) is 15.4. The van der Waals surface area contributed by atoms with Crippen molar-refractivity contribution in [3.63, 3.8) is 0 Å². The number of halogens is 2. The van der Waals surface area contributed by atoms with Gasteiger partial charge in [-0.15, -0.1) is 0 Å². The smallest absolute Gasteiger partial charge is 0.264 e. The highest BCUT2D eigenvalue weighted by Gasteiger charge is 2.20. The summed E-state index contributed by atoms with van der Waals surface area (Å²) in [6.45, 7) is 0.149. The van der Waals surface area contributed by atoms with Gasteiger partial charge in [-0.05, 0) is 42.5 Å². The predicted molar refractivity (Wildman–Crippen MR) is 97.8 cm³/mol. The summed E-state index contributed by atoms with van der Waals surface area (Å²) >= 11 is 0. The molecule has 27 heavy (non-hydrogen) atoms. The molecule has 1 amide bonds. The molecule has 0 radical (unpaired) electrons. The van der Waals surface area contributed by atoms with E-state index < -0.39 is 26.6 Å². The number of hydrogen-bond donors (Lipinski definition) is 1. The van der Waals surface area contributed by atoms with Crippen LogP contribution in [-0.2, 0) is 21.4 Å². The minimum absolute atomic E-state index is 0.0844. The van der Waals surface area contributed by atoms with E-state index in [1.165, 1.54) is 11.0 Å². The number of sulfonamides is 1. The van der Waals surface area contributed by atoms with Gasteiger partial charge in [-0.3, -0.25) is 9.52 Å². The highest BCUT2D eigenvalue weighted by Crippen LogP contribution is 2.24. The number of nitrogens with zero attached hydrogens (tertiary/aromatic N) is 2. The highest BCUT2D eigenvalue weighted by molar-refractivity contribution is 7.92. The lowest BCUT2D eigenvalue weighted by Gasteiger charge is -2.12. The van der Waals surface area contributed by atoms with E-state index in [-0.39, 0.29) is 18.1 Å². The SMILES string of the molecule is CN(C)C(=O)Cn1ccc2cc(NS(=O)(=O)c3cc(F)ccc3F)ccc21. The van der Waals surface area contributed by atoms with Gasteiger partial charge in [-0.25, -0.2) is 17.2 Å². The average molecular weight is 393 g/mol. The van der Waals surface area contributed by atoms with Gasteiger partial charge in [0.25, 0.3) is 10.0 Å². The minimum atomic E-state index is -4.29. The lowest BCUT2D eigenvalue weighted by molar-refractivity contribution is -0.129. The quantitative estimate of drug-likeness (QED) is 0.725. The third-order valence-corrected chi connectivity index (χ3v) is 5.41. The Labute approximate surface area is 155 Å². The minimum Gasteiger partial charge on any atom is -0.347 e. The maximum absolute atomic E-state index is 13.8. The fraction of sp³-hybridized carbons (Fsp3) is 0.167. The molecule has 0 bridgehead atoms. The van der Waals surface area contributed by atoms with Crippen molar-refractivity contribution in [1.29, 1.82) is 0 Å². The molecule has 0 unspecified atom stereocenters. The van der Waals surface area contributed by atoms with E-state index in [0.29, 0.717) is 11.5 Å². The number of likely N-dealkylation sites (N-methyl/N-ethyl adjacent to an activating group) is 1. The van der Waals surface area contributed by atoms with Gasteiger partial charge < -0.3 is 9.47 Å². The number of carbonyl (C=O) groups is 1. The molecular formula is C18H17F2N3O3S. The van der Waals surface area contributed by atoms with E-state index >= 15 is 0 Å². The highest BCUT2D eigenvalue weighted by atomic mass is 32.2. The van der Waals surface area contributed by atoms with Crippen LogP contribution >= 0.6 is 0 Å². The number of rotatable bonds is 5. The Morgan fingerprint density at radius 3 is 2.56 bits per heavy atom. The number of hydrogen-bond acceptors (Lipinski definition) is 3. The maximum atomic E-state index is 13.8. The van der Waals surface area contributed by atoms with Gasteiger partial charge in [0.1, 0.15) is 23.1 Å². The monoisotopic (exact) mass is 393 g/mol. The van der Waals surface area contributed by atoms with Gasteiger partial charge in [0.05, 0.1) is 0 Å². The summed E-state index contributed by atoms with van der Waals surface area (Å²) < 4.78 is 55.8. The van der Waals surface area contributed by atoms with Crippen LogP contribution in [0.1, 0.15) is 0 Å². The van der Waals surface area contributed by atoms with Gasteiger partial charge in [-0.2, -0.15) is 0 Å². The second-order valence-corrected chi connectivity index (χ2v) is 7.84. The number of anilines is 1. The van der Waals surface area contributed by atoms with Crippen molar-refractivity contribution >= 4 is 32.5 Å². The summed E-state index contributed by atoms with van der Waals surface area (Å²) in [5.41, 5.74) is 0.938. The van der Waals surface area contributed by atoms with E-state index in [1.54, 1.807) is 43.1 Å². The molecule has 0 aliphatic heterocycles. The molecule has 3 aromatic rings. The largest absolute Gasteiger partial charge is 0.347 e. The van der Waals surface area contributed by atoms with Crippen LogP contribution in [0.15, 0.2) is 53.6 Å². The lowest BCUT2D eigenvalue weighted by Crippen LogP contribution is -2.25. The van der Waals surface area contributed by atoms with Crippen molar-refractivity contribution in [3.8, 4) is 0 Å². The number of benzene rings is 2. The van der Waals surface area contributed by atoms with Crippen molar-refractivity contribution in [2.45, 2.75) is 11.4 Å². The third-order valence-electron chi connectivity index (χ3n) is 4.01. The van der Waals surface area contributed by atoms with Gasteiger partial charge in [0.2, 0.25) is 5.91 Å². The Bertz CT molecular complexity index is 1120. The molecule has 142 valence electrons. The molecule has 1 aromatic heterocycles. The van der Waals surface area contributed by atoms with E-state index in [9.17, 15) is 22.0 Å². The van der Waals surface area contributed by atoms with Gasteiger partial charge >= 0.3 is 0 Å². The summed E-state index contributed by atoms with van der Waals surface area (Å²) in [4.78, 5) is 12.6. The fourth-order valence-electron chi connectivity index (χ4n) is 2.58. The zero-order chi connectivity index (χ0) is 19.8. The molecule has 0 saturated heterocycles. The first-order valence-corrected chi connectivity index (χ1v) is 9.42. The molecule has 0 saturated carbocycles. The molecule has 0 spiro atoms. The Hall–Kier alpha value is -2.94. The van der Waals surface area contributed by atoms with Crippen molar-refractivity contribution in [2.24, 2.45) is 0 Å². The van der Waals surface area contributed by atoms with Crippen LogP contribution in [0.2, 0.25) is 0 Å². The average Bonchev–Trinajstić information content (AvgIpc) is 2.98. The number of aromatic nitrogens is 1. The summed E-state index contributed by atoms with van der Waals surface area (Å²) in [6, 6.07) is 8.66. The molecule has 9 heteroatoms. The first kappa shape index (κ1) is 18.8. The molecule has 3 rings (SSSR count). The Morgan fingerprint density at radius 2 is 1.85 bits per heavy atom. The van der Waals surface area contributed by atoms with Crippen molar-refractivity contribution in [2.75, 3.05) is 18.8 Å². The van der Waals surface area contributed by atoms with E-state index in [1.807, 2.05) is 0 Å². The molecule has 0 atom stereocenters. The molecular weight excluding hydrogens is 376 g/mol. The molecule has 1 heterocycles. The summed E-state index contributed by atoms with van der Waals surface area (Å²) in [5.74, 6) is -1.98. The van der Waals surface area contributed by atoms with Crippen LogP contribution in [-0.4, -0.2) is 37.9 Å². The summed E-state index contributed by atoms with van der Waals surface area (Å²) in [5, 5.41) is 0.696. The topological polar surface area (TPSA) is 71.4 Å². The summed E-state index contributed by atoms with van der Waals surface area (Å²) in [6.07, 6.45) is 1.72. The standard InChI is InChI=1S/C18H17F2N3O3S/c1-22(2)18(24)11-23-8-7-12-9-14(4-6-16(12)23)21-27(25,26)17-10-13(19)3-5-15(17)20/h3-10,21H,11H2,1-2H3. The third kappa shape index (κ3) is 3.92. The Kier molecular flexibility index (Phi) is 4.88. The lowest BCUT2D eigenvalue weighted by atomic mass is 10.2. The first-order chi connectivity index (χ1) is 12.7. The van der Waals surface area contributed by atoms with E-state index in [2.05, 4.69) is 4.72 Å². The Morgan fingerprint density at radius 1 is 1.11 bits per heavy atom. The first-order valence-electron chi connectivity index (χ1n) is 7.94. The Balaban J connectivity index is 1.90. The molecule has 0 aliphatic carbocycles. The van der Waals surface area contributed by atoms with Crippen molar-refractivity contribution in [3.05, 3.63) is 60.3 Å². The second kappa shape index (κ2) is 6.99. The van der Waals surface area contributed by atoms with Crippen LogP contribution in [0, 0.1) is 11.6 Å². The number of fused-ring (bicyclic) bond motifs is 1. The second-order valence-electron chi connectivity index (χ2n) is 6.19. The van der Waals surface area contributed by atoms with Gasteiger partial charge in [0.15, 0.2) is 0 Å². The number of nitrogens with one attached hydrogen (secondary N) is 1. The normalized spacial score (nSPS) is 11.6. The number of carbonyl (C=O) groups excluding carboxylic acids is 1. The predicted octanol–water partition coefficient (Wildman–Crippen LogP) is 2.81. The zero-order valence-electron chi connectivity index (χ0n) is 14.6. The fourth-order valence-corrected chi connectivity index (χ4v) is 3.72. The molecule has 2 aromatic carbocycles.